The van der Waals surface area contributed by atoms with Crippen molar-refractivity contribution >= 4 is 11.7 Å². The summed E-state index contributed by atoms with van der Waals surface area (Å²) < 4.78 is 5.07. The van der Waals surface area contributed by atoms with Gasteiger partial charge in [0, 0.05) is 31.9 Å². The zero-order valence-electron chi connectivity index (χ0n) is 15.0. The molecule has 0 unspecified atom stereocenters. The molecule has 2 aromatic heterocycles. The molecular weight excluding hydrogens is 322 g/mol. The Kier molecular flexibility index (Phi) is 4.47. The van der Waals surface area contributed by atoms with E-state index in [2.05, 4.69) is 15.1 Å². The summed E-state index contributed by atoms with van der Waals surface area (Å²) >= 11 is 0. The minimum Gasteiger partial charge on any atom is -0.386 e. The molecule has 1 aliphatic rings. The molecule has 25 heavy (non-hydrogen) atoms. The fraction of sp³-hybridized carbons (Fsp3) is 0.529. The molecule has 3 heterocycles. The van der Waals surface area contributed by atoms with Gasteiger partial charge >= 0.3 is 0 Å². The van der Waals surface area contributed by atoms with Gasteiger partial charge in [0.05, 0.1) is 12.2 Å². The molecule has 8 nitrogen and oxygen atoms in total. The molecule has 0 spiro atoms. The zero-order chi connectivity index (χ0) is 18.2. The average molecular weight is 345 g/mol. The van der Waals surface area contributed by atoms with E-state index in [1.165, 1.54) is 11.2 Å². The van der Waals surface area contributed by atoms with Crippen molar-refractivity contribution < 1.29 is 14.4 Å². The van der Waals surface area contributed by atoms with Crippen LogP contribution in [0.5, 0.6) is 0 Å². The Hall–Kier alpha value is -2.48. The maximum Gasteiger partial charge on any atom is 0.259 e. The fourth-order valence-corrected chi connectivity index (χ4v) is 3.29. The minimum atomic E-state index is -0.984. The summed E-state index contributed by atoms with van der Waals surface area (Å²) in [5, 5.41) is 14.8. The standard InChI is InChI=1S/C17H23N5O3/c1-11-7-14(19-10-18-11)22-6-5-17(24,9-22)8-21(4)16(23)15-12(2)20-25-13(15)3/h7,10,24H,5-6,8-9H2,1-4H3/t17-/m0/s1. The molecule has 2 aromatic rings. The highest BCUT2D eigenvalue weighted by Crippen LogP contribution is 2.27. The normalized spacial score (nSPS) is 20.1. The largest absolute Gasteiger partial charge is 0.386 e. The van der Waals surface area contributed by atoms with Crippen LogP contribution in [0.25, 0.3) is 0 Å². The Morgan fingerprint density at radius 3 is 2.80 bits per heavy atom. The predicted octanol–water partition coefficient (Wildman–Crippen LogP) is 1.10. The summed E-state index contributed by atoms with van der Waals surface area (Å²) in [5.74, 6) is 1.09. The van der Waals surface area contributed by atoms with Crippen molar-refractivity contribution in [3.63, 3.8) is 0 Å². The van der Waals surface area contributed by atoms with E-state index < -0.39 is 5.60 Å². The molecule has 134 valence electrons. The molecule has 8 heteroatoms. The smallest absolute Gasteiger partial charge is 0.259 e. The topological polar surface area (TPSA) is 95.6 Å². The van der Waals surface area contributed by atoms with Gasteiger partial charge in [-0.05, 0) is 27.2 Å². The van der Waals surface area contributed by atoms with Gasteiger partial charge in [0.25, 0.3) is 5.91 Å². The molecular formula is C17H23N5O3. The lowest BCUT2D eigenvalue weighted by atomic mass is 10.0. The van der Waals surface area contributed by atoms with Gasteiger partial charge in [-0.1, -0.05) is 5.16 Å². The fourth-order valence-electron chi connectivity index (χ4n) is 3.29. The van der Waals surface area contributed by atoms with Gasteiger partial charge in [-0.15, -0.1) is 0 Å². The van der Waals surface area contributed by atoms with E-state index in [-0.39, 0.29) is 12.5 Å². The first-order valence-corrected chi connectivity index (χ1v) is 8.23. The molecule has 0 saturated carbocycles. The van der Waals surface area contributed by atoms with Gasteiger partial charge < -0.3 is 19.4 Å². The summed E-state index contributed by atoms with van der Waals surface area (Å²) in [5.41, 5.74) is 0.923. The number of likely N-dealkylation sites (N-methyl/N-ethyl adjacent to an activating group) is 1. The summed E-state index contributed by atoms with van der Waals surface area (Å²) in [6.07, 6.45) is 2.09. The number of hydrogen-bond donors (Lipinski definition) is 1. The van der Waals surface area contributed by atoms with Crippen molar-refractivity contribution in [1.29, 1.82) is 0 Å². The van der Waals surface area contributed by atoms with Crippen LogP contribution in [-0.2, 0) is 0 Å². The first-order valence-electron chi connectivity index (χ1n) is 8.23. The molecule has 1 saturated heterocycles. The molecule has 1 fully saturated rings. The molecule has 0 aliphatic carbocycles. The van der Waals surface area contributed by atoms with Crippen LogP contribution >= 0.6 is 0 Å². The first kappa shape index (κ1) is 17.3. The maximum atomic E-state index is 12.7. The quantitative estimate of drug-likeness (QED) is 0.886. The zero-order valence-corrected chi connectivity index (χ0v) is 15.0. The van der Waals surface area contributed by atoms with Crippen LogP contribution in [0.3, 0.4) is 0 Å². The lowest BCUT2D eigenvalue weighted by molar-refractivity contribution is 0.0263. The van der Waals surface area contributed by atoms with Gasteiger partial charge in [-0.3, -0.25) is 4.79 Å². The van der Waals surface area contributed by atoms with Crippen LogP contribution in [-0.4, -0.2) is 63.3 Å². The lowest BCUT2D eigenvalue weighted by Crippen LogP contribution is -2.46. The Balaban J connectivity index is 1.69. The molecule has 0 aromatic carbocycles. The van der Waals surface area contributed by atoms with E-state index in [1.807, 2.05) is 17.9 Å². The lowest BCUT2D eigenvalue weighted by Gasteiger charge is -2.29. The van der Waals surface area contributed by atoms with Crippen LogP contribution in [0.4, 0.5) is 5.82 Å². The number of anilines is 1. The number of nitrogens with zero attached hydrogens (tertiary/aromatic N) is 5. The van der Waals surface area contributed by atoms with Crippen LogP contribution in [0.15, 0.2) is 16.9 Å². The number of amides is 1. The van der Waals surface area contributed by atoms with Crippen molar-refractivity contribution in [1.82, 2.24) is 20.0 Å². The second kappa shape index (κ2) is 6.44. The Bertz CT molecular complexity index is 771. The summed E-state index contributed by atoms with van der Waals surface area (Å²) in [6.45, 7) is 6.69. The molecule has 1 aliphatic heterocycles. The highest BCUT2D eigenvalue weighted by molar-refractivity contribution is 5.96. The monoisotopic (exact) mass is 345 g/mol. The van der Waals surface area contributed by atoms with Crippen LogP contribution < -0.4 is 4.90 Å². The van der Waals surface area contributed by atoms with Crippen molar-refractivity contribution in [3.05, 3.63) is 35.1 Å². The number of aryl methyl sites for hydroxylation is 3. The highest BCUT2D eigenvalue weighted by Gasteiger charge is 2.39. The second-order valence-electron chi connectivity index (χ2n) is 6.77. The maximum absolute atomic E-state index is 12.7. The number of aliphatic hydroxyl groups is 1. The molecule has 0 radical (unpaired) electrons. The van der Waals surface area contributed by atoms with Gasteiger partial charge in [-0.25, -0.2) is 9.97 Å². The number of aromatic nitrogens is 3. The van der Waals surface area contributed by atoms with Crippen molar-refractivity contribution in [2.24, 2.45) is 0 Å². The Morgan fingerprint density at radius 2 is 2.16 bits per heavy atom. The Morgan fingerprint density at radius 1 is 1.40 bits per heavy atom. The van der Waals surface area contributed by atoms with Crippen molar-refractivity contribution in [3.8, 4) is 0 Å². The average Bonchev–Trinajstić information content (AvgIpc) is 3.10. The van der Waals surface area contributed by atoms with Crippen LogP contribution in [0, 0.1) is 20.8 Å². The number of carbonyl (C=O) groups excluding carboxylic acids is 1. The molecule has 1 atom stereocenters. The number of carbonyl (C=O) groups is 1. The van der Waals surface area contributed by atoms with E-state index >= 15 is 0 Å². The van der Waals surface area contributed by atoms with Crippen LogP contribution in [0.1, 0.15) is 33.9 Å². The third-order valence-electron chi connectivity index (χ3n) is 4.57. The van der Waals surface area contributed by atoms with E-state index in [1.54, 1.807) is 20.9 Å². The Labute approximate surface area is 146 Å². The molecule has 3 rings (SSSR count). The summed E-state index contributed by atoms with van der Waals surface area (Å²) in [4.78, 5) is 24.6. The SMILES string of the molecule is Cc1cc(N2CC[C@](O)(CN(C)C(=O)c3c(C)noc3C)C2)ncn1. The van der Waals surface area contributed by atoms with E-state index in [0.717, 1.165) is 11.5 Å². The molecule has 1 amide bonds. The number of β-amino-alcohol motifs (C(OH)–C–C–N with tert-alkyl or cyclic N) is 1. The summed E-state index contributed by atoms with van der Waals surface area (Å²) in [7, 11) is 1.68. The van der Waals surface area contributed by atoms with Crippen molar-refractivity contribution in [2.45, 2.75) is 32.8 Å². The summed E-state index contributed by atoms with van der Waals surface area (Å²) in [6, 6.07) is 1.89. The van der Waals surface area contributed by atoms with E-state index in [0.29, 0.717) is 36.5 Å². The van der Waals surface area contributed by atoms with Gasteiger partial charge in [0.1, 0.15) is 29.1 Å². The minimum absolute atomic E-state index is 0.194. The van der Waals surface area contributed by atoms with Gasteiger partial charge in [-0.2, -0.15) is 0 Å². The van der Waals surface area contributed by atoms with Gasteiger partial charge in [0.15, 0.2) is 0 Å². The predicted molar refractivity (Wildman–Crippen MR) is 91.5 cm³/mol. The van der Waals surface area contributed by atoms with E-state index in [4.69, 9.17) is 4.52 Å². The second-order valence-corrected chi connectivity index (χ2v) is 6.77. The van der Waals surface area contributed by atoms with Gasteiger partial charge in [0.2, 0.25) is 0 Å². The number of rotatable bonds is 4. The van der Waals surface area contributed by atoms with Crippen molar-refractivity contribution in [2.75, 3.05) is 31.6 Å². The van der Waals surface area contributed by atoms with Crippen LogP contribution in [0.2, 0.25) is 0 Å². The highest BCUT2D eigenvalue weighted by atomic mass is 16.5. The molecule has 0 bridgehead atoms. The number of hydrogen-bond acceptors (Lipinski definition) is 7. The first-order chi connectivity index (χ1) is 11.8. The third-order valence-corrected chi connectivity index (χ3v) is 4.57. The molecule has 1 N–H and O–H groups in total. The third kappa shape index (κ3) is 3.48. The van der Waals surface area contributed by atoms with E-state index in [9.17, 15) is 9.90 Å².